The molecule has 2 heteroatoms. The van der Waals surface area contributed by atoms with Gasteiger partial charge >= 0.3 is 0 Å². The summed E-state index contributed by atoms with van der Waals surface area (Å²) >= 11 is 0. The molecular formula is C13H18N2. The first-order chi connectivity index (χ1) is 7.18. The molecule has 0 saturated carbocycles. The summed E-state index contributed by atoms with van der Waals surface area (Å²) < 4.78 is 0. The monoisotopic (exact) mass is 202 g/mol. The molecule has 1 saturated heterocycles. The summed E-state index contributed by atoms with van der Waals surface area (Å²) in [6.07, 6.45) is 0. The number of nitrogens with zero attached hydrogens (tertiary/aromatic N) is 1. The molecule has 0 atom stereocenters. The standard InChI is InChI=1S/C13H18N2/c1-10(2)12-4-6-13(7-5-12)15-9-8-14-11(15)3/h4-7,10,14H,3,8-9H2,1-2H3. The number of benzene rings is 1. The number of rotatable bonds is 2. The van der Waals surface area contributed by atoms with Gasteiger partial charge < -0.3 is 10.2 Å². The summed E-state index contributed by atoms with van der Waals surface area (Å²) in [5, 5.41) is 3.24. The van der Waals surface area contributed by atoms with Gasteiger partial charge in [0.15, 0.2) is 0 Å². The van der Waals surface area contributed by atoms with Crippen molar-refractivity contribution in [3.8, 4) is 0 Å². The molecule has 1 heterocycles. The third-order valence-electron chi connectivity index (χ3n) is 2.86. The lowest BCUT2D eigenvalue weighted by molar-refractivity contribution is 0.866. The van der Waals surface area contributed by atoms with Gasteiger partial charge in [-0.15, -0.1) is 0 Å². The summed E-state index contributed by atoms with van der Waals surface area (Å²) in [5.74, 6) is 1.60. The third-order valence-corrected chi connectivity index (χ3v) is 2.86. The third kappa shape index (κ3) is 1.99. The van der Waals surface area contributed by atoms with Crippen molar-refractivity contribution in [1.29, 1.82) is 0 Å². The van der Waals surface area contributed by atoms with E-state index >= 15 is 0 Å². The largest absolute Gasteiger partial charge is 0.370 e. The van der Waals surface area contributed by atoms with E-state index in [0.29, 0.717) is 5.92 Å². The second kappa shape index (κ2) is 3.97. The van der Waals surface area contributed by atoms with Crippen LogP contribution in [-0.4, -0.2) is 13.1 Å². The summed E-state index contributed by atoms with van der Waals surface area (Å²) in [4.78, 5) is 2.21. The van der Waals surface area contributed by atoms with Crippen LogP contribution in [0.15, 0.2) is 36.7 Å². The molecule has 0 aliphatic carbocycles. The first-order valence-electron chi connectivity index (χ1n) is 5.49. The van der Waals surface area contributed by atoms with Crippen molar-refractivity contribution in [1.82, 2.24) is 5.32 Å². The van der Waals surface area contributed by atoms with Crippen LogP contribution in [0.2, 0.25) is 0 Å². The molecule has 1 fully saturated rings. The maximum Gasteiger partial charge on any atom is 0.0985 e. The SMILES string of the molecule is C=C1NCCN1c1ccc(C(C)C)cc1. The van der Waals surface area contributed by atoms with Gasteiger partial charge in [0.1, 0.15) is 0 Å². The van der Waals surface area contributed by atoms with E-state index < -0.39 is 0 Å². The number of hydrogen-bond donors (Lipinski definition) is 1. The van der Waals surface area contributed by atoms with E-state index in [0.717, 1.165) is 18.9 Å². The minimum atomic E-state index is 0.596. The topological polar surface area (TPSA) is 15.3 Å². The van der Waals surface area contributed by atoms with Gasteiger partial charge in [0.2, 0.25) is 0 Å². The van der Waals surface area contributed by atoms with E-state index in [1.165, 1.54) is 11.3 Å². The molecule has 0 aromatic heterocycles. The predicted octanol–water partition coefficient (Wildman–Crippen LogP) is 2.69. The maximum absolute atomic E-state index is 3.98. The molecule has 0 radical (unpaired) electrons. The van der Waals surface area contributed by atoms with Crippen LogP contribution in [0, 0.1) is 0 Å². The Bertz CT molecular complexity index is 351. The van der Waals surface area contributed by atoms with Crippen LogP contribution >= 0.6 is 0 Å². The second-order valence-corrected chi connectivity index (χ2v) is 4.27. The van der Waals surface area contributed by atoms with Crippen molar-refractivity contribution in [3.63, 3.8) is 0 Å². The minimum Gasteiger partial charge on any atom is -0.370 e. The maximum atomic E-state index is 3.98. The first kappa shape index (κ1) is 10.1. The van der Waals surface area contributed by atoms with E-state index in [4.69, 9.17) is 0 Å². The van der Waals surface area contributed by atoms with Crippen LogP contribution in [0.4, 0.5) is 5.69 Å². The molecule has 1 aliphatic heterocycles. The normalized spacial score (nSPS) is 15.9. The van der Waals surface area contributed by atoms with Crippen LogP contribution in [0.3, 0.4) is 0 Å². The quantitative estimate of drug-likeness (QED) is 0.793. The minimum absolute atomic E-state index is 0.596. The van der Waals surface area contributed by atoms with Crippen LogP contribution in [0.5, 0.6) is 0 Å². The van der Waals surface area contributed by atoms with Crippen LogP contribution in [-0.2, 0) is 0 Å². The van der Waals surface area contributed by atoms with Crippen molar-refractivity contribution >= 4 is 5.69 Å². The Morgan fingerprint density at radius 3 is 2.40 bits per heavy atom. The smallest absolute Gasteiger partial charge is 0.0985 e. The zero-order valence-electron chi connectivity index (χ0n) is 9.46. The van der Waals surface area contributed by atoms with Crippen LogP contribution in [0.1, 0.15) is 25.3 Å². The Morgan fingerprint density at radius 2 is 1.93 bits per heavy atom. The molecule has 1 aromatic carbocycles. The fourth-order valence-corrected chi connectivity index (χ4v) is 1.87. The number of anilines is 1. The molecule has 2 rings (SSSR count). The van der Waals surface area contributed by atoms with E-state index in [-0.39, 0.29) is 0 Å². The molecule has 1 aliphatic rings. The van der Waals surface area contributed by atoms with E-state index in [9.17, 15) is 0 Å². The number of nitrogens with one attached hydrogen (secondary N) is 1. The van der Waals surface area contributed by atoms with Gasteiger partial charge in [-0.1, -0.05) is 32.6 Å². The van der Waals surface area contributed by atoms with E-state index in [2.05, 4.69) is 54.9 Å². The van der Waals surface area contributed by atoms with Gasteiger partial charge in [-0.05, 0) is 23.6 Å². The fraction of sp³-hybridized carbons (Fsp3) is 0.385. The summed E-state index contributed by atoms with van der Waals surface area (Å²) in [6, 6.07) is 8.75. The highest BCUT2D eigenvalue weighted by molar-refractivity contribution is 5.53. The van der Waals surface area contributed by atoms with Crippen molar-refractivity contribution < 1.29 is 0 Å². The van der Waals surface area contributed by atoms with Gasteiger partial charge in [0, 0.05) is 18.8 Å². The average Bonchev–Trinajstić information content (AvgIpc) is 2.65. The highest BCUT2D eigenvalue weighted by atomic mass is 15.3. The molecule has 80 valence electrons. The van der Waals surface area contributed by atoms with E-state index in [1.54, 1.807) is 0 Å². The molecule has 15 heavy (non-hydrogen) atoms. The summed E-state index contributed by atoms with van der Waals surface area (Å²) in [7, 11) is 0. The number of hydrogen-bond acceptors (Lipinski definition) is 2. The fourth-order valence-electron chi connectivity index (χ4n) is 1.87. The van der Waals surface area contributed by atoms with Gasteiger partial charge in [-0.25, -0.2) is 0 Å². The lowest BCUT2D eigenvalue weighted by Gasteiger charge is -2.18. The molecule has 0 spiro atoms. The highest BCUT2D eigenvalue weighted by Crippen LogP contribution is 2.22. The summed E-state index contributed by atoms with van der Waals surface area (Å²) in [6.45, 7) is 10.4. The van der Waals surface area contributed by atoms with Crippen molar-refractivity contribution in [2.24, 2.45) is 0 Å². The van der Waals surface area contributed by atoms with E-state index in [1.807, 2.05) is 0 Å². The van der Waals surface area contributed by atoms with Crippen LogP contribution in [0.25, 0.3) is 0 Å². The van der Waals surface area contributed by atoms with Crippen LogP contribution < -0.4 is 10.2 Å². The summed E-state index contributed by atoms with van der Waals surface area (Å²) in [5.41, 5.74) is 2.62. The van der Waals surface area contributed by atoms with Gasteiger partial charge in [-0.3, -0.25) is 0 Å². The highest BCUT2D eigenvalue weighted by Gasteiger charge is 2.15. The Morgan fingerprint density at radius 1 is 1.27 bits per heavy atom. The first-order valence-corrected chi connectivity index (χ1v) is 5.49. The second-order valence-electron chi connectivity index (χ2n) is 4.27. The lowest BCUT2D eigenvalue weighted by atomic mass is 10.0. The van der Waals surface area contributed by atoms with Gasteiger partial charge in [0.05, 0.1) is 5.82 Å². The molecule has 2 nitrogen and oxygen atoms in total. The van der Waals surface area contributed by atoms with Crippen molar-refractivity contribution in [3.05, 3.63) is 42.2 Å². The van der Waals surface area contributed by atoms with Crippen molar-refractivity contribution in [2.45, 2.75) is 19.8 Å². The van der Waals surface area contributed by atoms with Gasteiger partial charge in [-0.2, -0.15) is 0 Å². The molecule has 1 N–H and O–H groups in total. The molecule has 1 aromatic rings. The van der Waals surface area contributed by atoms with Gasteiger partial charge in [0.25, 0.3) is 0 Å². The average molecular weight is 202 g/mol. The lowest BCUT2D eigenvalue weighted by Crippen LogP contribution is -2.17. The Balaban J connectivity index is 2.19. The predicted molar refractivity (Wildman–Crippen MR) is 65.0 cm³/mol. The molecule has 0 amide bonds. The zero-order valence-corrected chi connectivity index (χ0v) is 9.46. The Labute approximate surface area is 91.6 Å². The molecular weight excluding hydrogens is 184 g/mol. The Kier molecular flexibility index (Phi) is 2.67. The zero-order chi connectivity index (χ0) is 10.8. The Hall–Kier alpha value is -1.44. The van der Waals surface area contributed by atoms with Crippen molar-refractivity contribution in [2.75, 3.05) is 18.0 Å². The molecule has 0 bridgehead atoms. The molecule has 0 unspecified atom stereocenters.